The second-order valence-electron chi connectivity index (χ2n) is 2.87. The summed E-state index contributed by atoms with van der Waals surface area (Å²) in [6.07, 6.45) is 0. The van der Waals surface area contributed by atoms with Crippen molar-refractivity contribution >= 4 is 0 Å². The largest absolute Gasteiger partial charge is 0.857 e. The smallest absolute Gasteiger partial charge is 0.102 e. The number of benzene rings is 1. The Balaban J connectivity index is 0.000000561. The molecule has 0 amide bonds. The summed E-state index contributed by atoms with van der Waals surface area (Å²) in [5.41, 5.74) is 1.41. The van der Waals surface area contributed by atoms with Gasteiger partial charge in [-0.2, -0.15) is 7.11 Å². The lowest BCUT2D eigenvalue weighted by Gasteiger charge is -2.05. The number of nitrogens with one attached hydrogen (secondary N) is 1. The van der Waals surface area contributed by atoms with E-state index >= 15 is 0 Å². The van der Waals surface area contributed by atoms with Gasteiger partial charge in [-0.15, -0.1) is 0 Å². The van der Waals surface area contributed by atoms with E-state index in [1.165, 1.54) is 10.5 Å². The molecule has 0 atom stereocenters. The van der Waals surface area contributed by atoms with Crippen molar-refractivity contribution in [2.45, 2.75) is 6.54 Å². The van der Waals surface area contributed by atoms with Crippen LogP contribution in [0, 0.1) is 0 Å². The normalized spacial score (nSPS) is 9.08. The summed E-state index contributed by atoms with van der Waals surface area (Å²) >= 11 is 0. The van der Waals surface area contributed by atoms with Gasteiger partial charge in [0.1, 0.15) is 6.54 Å². The fourth-order valence-corrected chi connectivity index (χ4v) is 1.00. The highest BCUT2D eigenvalue weighted by Crippen LogP contribution is 1.94. The molecule has 0 unspecified atom stereocenters. The van der Waals surface area contributed by atoms with Crippen LogP contribution in [-0.2, 0) is 6.54 Å². The van der Waals surface area contributed by atoms with Gasteiger partial charge in [0.2, 0.25) is 0 Å². The number of quaternary nitrogens is 1. The van der Waals surface area contributed by atoms with Crippen molar-refractivity contribution in [2.75, 3.05) is 21.2 Å². The zero-order chi connectivity index (χ0) is 9.40. The monoisotopic (exact) mass is 167 g/mol. The van der Waals surface area contributed by atoms with Crippen LogP contribution in [0.15, 0.2) is 30.3 Å². The minimum Gasteiger partial charge on any atom is -0.857 e. The Morgan fingerprint density at radius 1 is 1.08 bits per heavy atom. The summed E-state index contributed by atoms with van der Waals surface area (Å²) in [7, 11) is 5.07. The van der Waals surface area contributed by atoms with Gasteiger partial charge in [-0.1, -0.05) is 30.3 Å². The quantitative estimate of drug-likeness (QED) is 0.620. The fraction of sp³-hybridized carbons (Fsp3) is 0.400. The maximum atomic E-state index is 8.25. The highest BCUT2D eigenvalue weighted by Gasteiger charge is 1.93. The highest BCUT2D eigenvalue weighted by molar-refractivity contribution is 5.12. The van der Waals surface area contributed by atoms with Crippen molar-refractivity contribution in [3.8, 4) is 0 Å². The van der Waals surface area contributed by atoms with Crippen LogP contribution in [-0.4, -0.2) is 21.2 Å². The van der Waals surface area contributed by atoms with Gasteiger partial charge in [0.15, 0.2) is 0 Å². The molecule has 0 aliphatic carbocycles. The van der Waals surface area contributed by atoms with Crippen LogP contribution in [0.25, 0.3) is 0 Å². The van der Waals surface area contributed by atoms with E-state index in [1.54, 1.807) is 0 Å². The minimum atomic E-state index is 0.750. The van der Waals surface area contributed by atoms with E-state index in [9.17, 15) is 0 Å². The average molecular weight is 167 g/mol. The molecule has 0 radical (unpaired) electrons. The Morgan fingerprint density at radius 2 is 1.58 bits per heavy atom. The molecular weight excluding hydrogens is 150 g/mol. The highest BCUT2D eigenvalue weighted by atomic mass is 16.2. The van der Waals surface area contributed by atoms with Gasteiger partial charge in [0.25, 0.3) is 0 Å². The van der Waals surface area contributed by atoms with Gasteiger partial charge in [-0.3, -0.25) is 0 Å². The van der Waals surface area contributed by atoms with E-state index in [1.807, 2.05) is 0 Å². The molecule has 0 aliphatic heterocycles. The zero-order valence-electron chi connectivity index (χ0n) is 8.00. The summed E-state index contributed by atoms with van der Waals surface area (Å²) in [6, 6.07) is 10.5. The summed E-state index contributed by atoms with van der Waals surface area (Å²) in [6.45, 7) is 1.11. The van der Waals surface area contributed by atoms with Gasteiger partial charge in [-0.05, 0) is 0 Å². The molecule has 1 aromatic carbocycles. The Bertz CT molecular complexity index is 184. The van der Waals surface area contributed by atoms with Crippen LogP contribution < -0.4 is 10.0 Å². The maximum Gasteiger partial charge on any atom is 0.102 e. The van der Waals surface area contributed by atoms with E-state index in [-0.39, 0.29) is 0 Å². The van der Waals surface area contributed by atoms with E-state index in [4.69, 9.17) is 5.11 Å². The van der Waals surface area contributed by atoms with Crippen LogP contribution in [0.4, 0.5) is 0 Å². The van der Waals surface area contributed by atoms with Crippen LogP contribution in [0.5, 0.6) is 0 Å². The van der Waals surface area contributed by atoms with Crippen LogP contribution in [0.3, 0.4) is 0 Å². The van der Waals surface area contributed by atoms with Crippen molar-refractivity contribution in [1.29, 1.82) is 0 Å². The predicted octanol–water partition coefficient (Wildman–Crippen LogP) is -0.692. The summed E-state index contributed by atoms with van der Waals surface area (Å²) in [4.78, 5) is 1.46. The predicted molar refractivity (Wildman–Crippen MR) is 48.9 cm³/mol. The first-order valence-electron chi connectivity index (χ1n) is 4.03. The Hall–Kier alpha value is -0.860. The average Bonchev–Trinajstić information content (AvgIpc) is 2.08. The van der Waals surface area contributed by atoms with Crippen molar-refractivity contribution < 1.29 is 10.0 Å². The summed E-state index contributed by atoms with van der Waals surface area (Å²) < 4.78 is 0. The van der Waals surface area contributed by atoms with E-state index in [0.29, 0.717) is 0 Å². The SMILES string of the molecule is C[NH+](C)Cc1ccccc1.C[O-]. The fourth-order valence-electron chi connectivity index (χ4n) is 1.00. The molecule has 0 heterocycles. The molecule has 0 bridgehead atoms. The van der Waals surface area contributed by atoms with Gasteiger partial charge in [-0.25, -0.2) is 0 Å². The van der Waals surface area contributed by atoms with Crippen molar-refractivity contribution in [3.63, 3.8) is 0 Å². The number of rotatable bonds is 2. The second-order valence-corrected chi connectivity index (χ2v) is 2.87. The van der Waals surface area contributed by atoms with Crippen LogP contribution >= 0.6 is 0 Å². The Morgan fingerprint density at radius 3 is 2.00 bits per heavy atom. The van der Waals surface area contributed by atoms with Gasteiger partial charge in [0, 0.05) is 5.56 Å². The Kier molecular flexibility index (Phi) is 6.34. The van der Waals surface area contributed by atoms with E-state index in [0.717, 1.165) is 13.7 Å². The molecule has 12 heavy (non-hydrogen) atoms. The van der Waals surface area contributed by atoms with Crippen molar-refractivity contribution in [1.82, 2.24) is 0 Å². The van der Waals surface area contributed by atoms with E-state index < -0.39 is 0 Å². The molecule has 0 saturated heterocycles. The van der Waals surface area contributed by atoms with Crippen LogP contribution in [0.2, 0.25) is 0 Å². The molecule has 68 valence electrons. The topological polar surface area (TPSA) is 27.5 Å². The molecule has 0 aliphatic rings. The Labute approximate surface area is 74.5 Å². The standard InChI is InChI=1S/C9H13N.CH3O/c1-10(2)8-9-6-4-3-5-7-9;1-2/h3-7H,8H2,1-2H3;1H3/q;-1/p+1. The molecule has 2 heteroatoms. The van der Waals surface area contributed by atoms with Crippen LogP contribution in [0.1, 0.15) is 5.56 Å². The second kappa shape index (κ2) is 6.83. The molecule has 1 N–H and O–H groups in total. The molecule has 1 rings (SSSR count). The third-order valence-corrected chi connectivity index (χ3v) is 1.40. The first-order valence-corrected chi connectivity index (χ1v) is 4.03. The molecule has 2 nitrogen and oxygen atoms in total. The molecule has 1 aromatic rings. The van der Waals surface area contributed by atoms with E-state index in [2.05, 4.69) is 44.4 Å². The third kappa shape index (κ3) is 4.88. The lowest BCUT2D eigenvalue weighted by atomic mass is 10.2. The lowest BCUT2D eigenvalue weighted by molar-refractivity contribution is -0.872. The van der Waals surface area contributed by atoms with Crippen molar-refractivity contribution in [3.05, 3.63) is 35.9 Å². The third-order valence-electron chi connectivity index (χ3n) is 1.40. The number of hydrogen-bond acceptors (Lipinski definition) is 1. The van der Waals surface area contributed by atoms with Crippen molar-refractivity contribution in [2.24, 2.45) is 0 Å². The molecular formula is C10H17NO. The molecule has 0 saturated carbocycles. The molecule has 0 spiro atoms. The first kappa shape index (κ1) is 11.1. The van der Waals surface area contributed by atoms with Gasteiger partial charge < -0.3 is 10.0 Å². The maximum absolute atomic E-state index is 8.25. The minimum absolute atomic E-state index is 0.750. The molecule has 0 aromatic heterocycles. The summed E-state index contributed by atoms with van der Waals surface area (Å²) in [5, 5.41) is 8.25. The van der Waals surface area contributed by atoms with Gasteiger partial charge in [0.05, 0.1) is 14.1 Å². The summed E-state index contributed by atoms with van der Waals surface area (Å²) in [5.74, 6) is 0. The number of hydrogen-bond donors (Lipinski definition) is 1. The zero-order valence-corrected chi connectivity index (χ0v) is 8.00. The molecule has 0 fully saturated rings. The lowest BCUT2D eigenvalue weighted by Crippen LogP contribution is -3.04. The van der Waals surface area contributed by atoms with Gasteiger partial charge >= 0.3 is 0 Å². The first-order chi connectivity index (χ1) is 5.79.